The third-order valence-corrected chi connectivity index (χ3v) is 5.07. The molecule has 192 valence electrons. The predicted molar refractivity (Wildman–Crippen MR) is 133 cm³/mol. The second kappa shape index (κ2) is 13.2. The lowest BCUT2D eigenvalue weighted by Crippen LogP contribution is -2.55. The van der Waals surface area contributed by atoms with Gasteiger partial charge in [0.15, 0.2) is 0 Å². The smallest absolute Gasteiger partial charge is 0.408 e. The zero-order chi connectivity index (χ0) is 26.1. The maximum Gasteiger partial charge on any atom is 0.408 e. The summed E-state index contributed by atoms with van der Waals surface area (Å²) >= 11 is 0. The summed E-state index contributed by atoms with van der Waals surface area (Å²) in [5.41, 5.74) is -0.209. The van der Waals surface area contributed by atoms with E-state index in [1.165, 1.54) is 17.0 Å². The van der Waals surface area contributed by atoms with Gasteiger partial charge in [-0.2, -0.15) is 0 Å². The molecule has 2 unspecified atom stereocenters. The molecule has 2 atom stereocenters. The maximum atomic E-state index is 13.9. The van der Waals surface area contributed by atoms with Crippen molar-refractivity contribution in [3.8, 4) is 5.75 Å². The SMILES string of the molecule is CCCCCN(C(=O)C(NC(=O)OC(C)(C)C)C(C)C)C(C(=O)NC(C)C)c1cccc(O)c1. The Balaban J connectivity index is 3.44. The van der Waals surface area contributed by atoms with E-state index in [4.69, 9.17) is 4.74 Å². The van der Waals surface area contributed by atoms with Gasteiger partial charge in [-0.15, -0.1) is 0 Å². The molecular weight excluding hydrogens is 434 g/mol. The fourth-order valence-electron chi connectivity index (χ4n) is 3.56. The van der Waals surface area contributed by atoms with Crippen molar-refractivity contribution in [1.29, 1.82) is 0 Å². The lowest BCUT2D eigenvalue weighted by molar-refractivity contribution is -0.143. The van der Waals surface area contributed by atoms with Gasteiger partial charge in [-0.3, -0.25) is 9.59 Å². The number of aromatic hydroxyl groups is 1. The minimum Gasteiger partial charge on any atom is -0.508 e. The number of amides is 3. The van der Waals surface area contributed by atoms with Crippen molar-refractivity contribution in [2.45, 2.75) is 98.4 Å². The van der Waals surface area contributed by atoms with E-state index in [2.05, 4.69) is 17.6 Å². The number of ether oxygens (including phenoxy) is 1. The summed E-state index contributed by atoms with van der Waals surface area (Å²) in [4.78, 5) is 41.3. The summed E-state index contributed by atoms with van der Waals surface area (Å²) in [6.45, 7) is 15.0. The second-order valence-electron chi connectivity index (χ2n) is 10.3. The van der Waals surface area contributed by atoms with E-state index in [9.17, 15) is 19.5 Å². The van der Waals surface area contributed by atoms with Crippen LogP contribution in [0.25, 0.3) is 0 Å². The number of alkyl carbamates (subject to hydrolysis) is 1. The van der Waals surface area contributed by atoms with Gasteiger partial charge >= 0.3 is 6.09 Å². The summed E-state index contributed by atoms with van der Waals surface area (Å²) in [5.74, 6) is -0.950. The average Bonchev–Trinajstić information content (AvgIpc) is 2.69. The first-order chi connectivity index (χ1) is 15.8. The first-order valence-electron chi connectivity index (χ1n) is 12.2. The van der Waals surface area contributed by atoms with E-state index in [0.29, 0.717) is 18.5 Å². The molecule has 0 saturated heterocycles. The minimum absolute atomic E-state index is 0.00749. The third-order valence-electron chi connectivity index (χ3n) is 5.07. The van der Waals surface area contributed by atoms with E-state index < -0.39 is 23.8 Å². The lowest BCUT2D eigenvalue weighted by atomic mass is 9.98. The van der Waals surface area contributed by atoms with Crippen LogP contribution in [0.2, 0.25) is 0 Å². The van der Waals surface area contributed by atoms with Crippen molar-refractivity contribution in [2.75, 3.05) is 6.54 Å². The molecule has 1 aromatic carbocycles. The number of unbranched alkanes of at least 4 members (excludes halogenated alkanes) is 2. The van der Waals surface area contributed by atoms with Crippen molar-refractivity contribution >= 4 is 17.9 Å². The molecule has 3 N–H and O–H groups in total. The standard InChI is InChI=1S/C26H43N3O5/c1-9-10-11-15-29(24(32)21(17(2)3)28-25(33)34-26(6,7)8)22(23(31)27-18(4)5)19-13-12-14-20(30)16-19/h12-14,16-18,21-22,30H,9-11,15H2,1-8H3,(H,27,31)(H,28,33). The Morgan fingerprint density at radius 1 is 1.06 bits per heavy atom. The molecule has 8 nitrogen and oxygen atoms in total. The van der Waals surface area contributed by atoms with Gasteiger partial charge in [-0.25, -0.2) is 4.79 Å². The first-order valence-corrected chi connectivity index (χ1v) is 12.2. The van der Waals surface area contributed by atoms with Crippen LogP contribution in [-0.4, -0.2) is 52.1 Å². The van der Waals surface area contributed by atoms with Crippen molar-refractivity contribution in [2.24, 2.45) is 5.92 Å². The Labute approximate surface area is 204 Å². The highest BCUT2D eigenvalue weighted by Crippen LogP contribution is 2.27. The third kappa shape index (κ3) is 9.61. The molecule has 0 spiro atoms. The fraction of sp³-hybridized carbons (Fsp3) is 0.654. The molecule has 0 fully saturated rings. The molecule has 0 heterocycles. The van der Waals surface area contributed by atoms with Crippen LogP contribution in [0.1, 0.15) is 86.3 Å². The van der Waals surface area contributed by atoms with Gasteiger partial charge in [0.05, 0.1) is 0 Å². The zero-order valence-corrected chi connectivity index (χ0v) is 22.0. The van der Waals surface area contributed by atoms with Crippen molar-refractivity contribution in [3.05, 3.63) is 29.8 Å². The predicted octanol–water partition coefficient (Wildman–Crippen LogP) is 4.53. The van der Waals surface area contributed by atoms with Crippen LogP contribution in [0.4, 0.5) is 4.79 Å². The van der Waals surface area contributed by atoms with Crippen LogP contribution < -0.4 is 10.6 Å². The van der Waals surface area contributed by atoms with Gasteiger partial charge in [0, 0.05) is 12.6 Å². The molecular formula is C26H43N3O5. The second-order valence-corrected chi connectivity index (χ2v) is 10.3. The summed E-state index contributed by atoms with van der Waals surface area (Å²) < 4.78 is 5.37. The Bertz CT molecular complexity index is 817. The highest BCUT2D eigenvalue weighted by atomic mass is 16.6. The molecule has 0 aliphatic heterocycles. The molecule has 0 bridgehead atoms. The first kappa shape index (κ1) is 29.3. The number of carbonyl (C=O) groups excluding carboxylic acids is 3. The Morgan fingerprint density at radius 3 is 2.21 bits per heavy atom. The molecule has 0 aliphatic rings. The Kier molecular flexibility index (Phi) is 11.4. The molecule has 34 heavy (non-hydrogen) atoms. The van der Waals surface area contributed by atoms with Gasteiger partial charge < -0.3 is 25.4 Å². The topological polar surface area (TPSA) is 108 Å². The molecule has 0 aromatic heterocycles. The Morgan fingerprint density at radius 2 is 1.71 bits per heavy atom. The van der Waals surface area contributed by atoms with Crippen LogP contribution >= 0.6 is 0 Å². The fourth-order valence-corrected chi connectivity index (χ4v) is 3.56. The van der Waals surface area contributed by atoms with Crippen LogP contribution in [-0.2, 0) is 14.3 Å². The van der Waals surface area contributed by atoms with Crippen LogP contribution in [0.3, 0.4) is 0 Å². The molecule has 1 aromatic rings. The van der Waals surface area contributed by atoms with Crippen molar-refractivity contribution in [1.82, 2.24) is 15.5 Å². The van der Waals surface area contributed by atoms with Gasteiger partial charge in [-0.05, 0) is 64.7 Å². The number of benzene rings is 1. The number of carbonyl (C=O) groups is 3. The van der Waals surface area contributed by atoms with E-state index in [1.54, 1.807) is 32.9 Å². The minimum atomic E-state index is -0.958. The number of nitrogens with one attached hydrogen (secondary N) is 2. The largest absolute Gasteiger partial charge is 0.508 e. The van der Waals surface area contributed by atoms with E-state index >= 15 is 0 Å². The number of hydrogen-bond donors (Lipinski definition) is 3. The number of phenolic OH excluding ortho intramolecular Hbond substituents is 1. The molecule has 8 heteroatoms. The van der Waals surface area contributed by atoms with Crippen LogP contribution in [0, 0.1) is 5.92 Å². The number of rotatable bonds is 11. The van der Waals surface area contributed by atoms with Crippen LogP contribution in [0.5, 0.6) is 5.75 Å². The van der Waals surface area contributed by atoms with Gasteiger partial charge in [0.1, 0.15) is 23.4 Å². The van der Waals surface area contributed by atoms with Crippen molar-refractivity contribution in [3.63, 3.8) is 0 Å². The monoisotopic (exact) mass is 477 g/mol. The number of phenols is 1. The number of hydrogen-bond acceptors (Lipinski definition) is 5. The molecule has 1 rings (SSSR count). The van der Waals surface area contributed by atoms with Gasteiger partial charge in [0.2, 0.25) is 11.8 Å². The summed E-state index contributed by atoms with van der Waals surface area (Å²) in [6.07, 6.45) is 1.84. The average molecular weight is 478 g/mol. The maximum absolute atomic E-state index is 13.9. The Hall–Kier alpha value is -2.77. The highest BCUT2D eigenvalue weighted by molar-refractivity contribution is 5.92. The lowest BCUT2D eigenvalue weighted by Gasteiger charge is -2.36. The normalized spacial score (nSPS) is 13.4. The highest BCUT2D eigenvalue weighted by Gasteiger charge is 2.37. The molecule has 3 amide bonds. The summed E-state index contributed by atoms with van der Waals surface area (Å²) in [5, 5.41) is 15.7. The quantitative estimate of drug-likeness (QED) is 0.406. The van der Waals surface area contributed by atoms with Crippen molar-refractivity contribution < 1.29 is 24.2 Å². The molecule has 0 radical (unpaired) electrons. The number of nitrogens with zero attached hydrogens (tertiary/aromatic N) is 1. The zero-order valence-electron chi connectivity index (χ0n) is 22.0. The van der Waals surface area contributed by atoms with E-state index in [-0.39, 0.29) is 29.5 Å². The van der Waals surface area contributed by atoms with Crippen LogP contribution in [0.15, 0.2) is 24.3 Å². The van der Waals surface area contributed by atoms with Gasteiger partial charge in [0.25, 0.3) is 0 Å². The summed E-state index contributed by atoms with van der Waals surface area (Å²) in [7, 11) is 0. The molecule has 0 aliphatic carbocycles. The van der Waals surface area contributed by atoms with Gasteiger partial charge in [-0.1, -0.05) is 45.7 Å². The summed E-state index contributed by atoms with van der Waals surface area (Å²) in [6, 6.07) is 4.40. The van der Waals surface area contributed by atoms with E-state index in [0.717, 1.165) is 12.8 Å². The van der Waals surface area contributed by atoms with E-state index in [1.807, 2.05) is 27.7 Å². The molecule has 0 saturated carbocycles.